The van der Waals surface area contributed by atoms with Gasteiger partial charge in [-0.25, -0.2) is 9.36 Å². The van der Waals surface area contributed by atoms with Crippen molar-refractivity contribution in [1.29, 1.82) is 0 Å². The van der Waals surface area contributed by atoms with E-state index in [1.54, 1.807) is 49.4 Å². The molecule has 4 amide bonds. The Morgan fingerprint density at radius 3 is 2.34 bits per heavy atom. The Labute approximate surface area is 315 Å². The minimum absolute atomic E-state index is 0.0601. The van der Waals surface area contributed by atoms with Crippen molar-refractivity contribution >= 4 is 65.7 Å². The van der Waals surface area contributed by atoms with Gasteiger partial charge < -0.3 is 31.0 Å². The molecule has 5 rings (SSSR count). The third-order valence-electron chi connectivity index (χ3n) is 9.60. The first-order valence-electron chi connectivity index (χ1n) is 16.8. The molecule has 1 aromatic heterocycles. The Balaban J connectivity index is 1.58. The van der Waals surface area contributed by atoms with E-state index in [0.29, 0.717) is 44.1 Å². The van der Waals surface area contributed by atoms with Crippen molar-refractivity contribution in [2.24, 2.45) is 11.7 Å². The van der Waals surface area contributed by atoms with Gasteiger partial charge in [0.05, 0.1) is 10.5 Å². The Kier molecular flexibility index (Phi) is 12.1. The highest BCUT2D eigenvalue weighted by Gasteiger charge is 2.47. The van der Waals surface area contributed by atoms with Gasteiger partial charge in [-0.3, -0.25) is 29.1 Å². The Bertz CT molecular complexity index is 2060. The number of carboxylic acid groups (broad SMARTS) is 1. The number of aryl methyl sites for hydroxylation is 1. The lowest BCUT2D eigenvalue weighted by molar-refractivity contribution is -0.138. The number of rotatable bonds is 14. The molecule has 0 saturated carbocycles. The molecular weight excluding hydrogens is 748 g/mol. The van der Waals surface area contributed by atoms with Gasteiger partial charge in [0, 0.05) is 35.5 Å². The number of nitrogens with two attached hydrogens (primary N) is 1. The van der Waals surface area contributed by atoms with Gasteiger partial charge >= 0.3 is 13.9 Å². The molecule has 1 aliphatic rings. The van der Waals surface area contributed by atoms with E-state index in [-0.39, 0.29) is 43.9 Å². The fourth-order valence-corrected chi connectivity index (χ4v) is 7.58. The van der Waals surface area contributed by atoms with E-state index in [9.17, 15) is 38.6 Å². The molecule has 0 radical (unpaired) electrons. The fourth-order valence-electron chi connectivity index (χ4n) is 6.64. The number of carbonyl (C=O) groups is 4. The molecule has 0 saturated heterocycles. The summed E-state index contributed by atoms with van der Waals surface area (Å²) in [4.78, 5) is 77.4. The lowest BCUT2D eigenvalue weighted by Gasteiger charge is -2.40. The number of halogens is 2. The van der Waals surface area contributed by atoms with Crippen LogP contribution in [0.3, 0.4) is 0 Å². The fraction of sp³-hybridized carbons (Fsp3) is 0.333. The molecule has 282 valence electrons. The summed E-state index contributed by atoms with van der Waals surface area (Å²) in [5.41, 5.74) is 7.11. The van der Waals surface area contributed by atoms with Crippen LogP contribution in [0.4, 0.5) is 4.79 Å². The summed E-state index contributed by atoms with van der Waals surface area (Å²) >= 11 is 12.9. The summed E-state index contributed by atoms with van der Waals surface area (Å²) in [6.07, 6.45) is -0.812. The quantitative estimate of drug-likeness (QED) is 0.0844. The predicted octanol–water partition coefficient (Wildman–Crippen LogP) is 5.10. The van der Waals surface area contributed by atoms with E-state index in [1.165, 1.54) is 24.3 Å². The Morgan fingerprint density at radius 2 is 1.74 bits per heavy atom. The molecule has 0 spiro atoms. The van der Waals surface area contributed by atoms with Crippen LogP contribution in [-0.4, -0.2) is 66.2 Å². The van der Waals surface area contributed by atoms with Crippen LogP contribution in [-0.2, 0) is 44.8 Å². The van der Waals surface area contributed by atoms with Crippen molar-refractivity contribution in [2.45, 2.75) is 70.1 Å². The lowest BCUT2D eigenvalue weighted by atomic mass is 9.78. The molecule has 53 heavy (non-hydrogen) atoms. The van der Waals surface area contributed by atoms with E-state index < -0.39 is 49.3 Å². The number of benzene rings is 3. The number of hydrogen-bond donors (Lipinski definition) is 7. The third-order valence-corrected chi connectivity index (χ3v) is 10.6. The molecule has 0 aliphatic heterocycles. The first-order valence-corrected chi connectivity index (χ1v) is 19.1. The van der Waals surface area contributed by atoms with Crippen LogP contribution in [0.25, 0.3) is 10.9 Å². The number of phosphoric ester groups is 1. The molecule has 0 bridgehead atoms. The highest BCUT2D eigenvalue weighted by atomic mass is 35.5. The second-order valence-electron chi connectivity index (χ2n) is 13.2. The number of aromatic nitrogens is 1. The van der Waals surface area contributed by atoms with E-state index in [2.05, 4.69) is 20.1 Å². The van der Waals surface area contributed by atoms with Gasteiger partial charge in [0.2, 0.25) is 17.7 Å². The van der Waals surface area contributed by atoms with Gasteiger partial charge in [-0.05, 0) is 59.7 Å². The summed E-state index contributed by atoms with van der Waals surface area (Å²) in [6, 6.07) is 14.9. The van der Waals surface area contributed by atoms with Gasteiger partial charge in [0.25, 0.3) is 0 Å². The van der Waals surface area contributed by atoms with Gasteiger partial charge in [-0.15, -0.1) is 0 Å². The molecule has 4 atom stereocenters. The molecule has 1 heterocycles. The maximum absolute atomic E-state index is 14.7. The zero-order chi connectivity index (χ0) is 38.7. The summed E-state index contributed by atoms with van der Waals surface area (Å²) in [6.45, 7) is 3.43. The van der Waals surface area contributed by atoms with Crippen LogP contribution >= 0.6 is 31.0 Å². The highest BCUT2D eigenvalue weighted by Crippen LogP contribution is 2.39. The molecule has 3 aromatic carbocycles. The van der Waals surface area contributed by atoms with Crippen molar-refractivity contribution in [3.63, 3.8) is 0 Å². The lowest BCUT2D eigenvalue weighted by Crippen LogP contribution is -2.67. The monoisotopic (exact) mass is 787 g/mol. The number of carbonyl (C=O) groups excluding carboxylic acids is 3. The van der Waals surface area contributed by atoms with Crippen molar-refractivity contribution in [3.05, 3.63) is 99.2 Å². The zero-order valence-corrected chi connectivity index (χ0v) is 31.3. The first-order chi connectivity index (χ1) is 25.0. The minimum atomic E-state index is -4.85. The summed E-state index contributed by atoms with van der Waals surface area (Å²) in [5.74, 6) is -2.70. The average Bonchev–Trinajstić information content (AvgIpc) is 3.46. The van der Waals surface area contributed by atoms with E-state index >= 15 is 0 Å². The Hall–Kier alpha value is -4.59. The van der Waals surface area contributed by atoms with Crippen LogP contribution < -0.4 is 20.9 Å². The van der Waals surface area contributed by atoms with Gasteiger partial charge in [0.1, 0.15) is 23.4 Å². The maximum Gasteiger partial charge on any atom is 0.524 e. The van der Waals surface area contributed by atoms with E-state index in [1.807, 2.05) is 6.92 Å². The smallest absolute Gasteiger partial charge is 0.465 e. The SMILES string of the molecule is CCC(C)[C@H](NC(=O)[C@@]1(NC(=O)[C@H](Cc2ccc(OP(=O)(O)O)cc2)N(Cc2ccccc2)C(=O)O)CCc2[nH]c3c(Cl)cc(Cl)cc3c2C1)C(N)=O. The summed E-state index contributed by atoms with van der Waals surface area (Å²) in [5, 5.41) is 17.6. The van der Waals surface area contributed by atoms with Gasteiger partial charge in [-0.2, -0.15) is 0 Å². The van der Waals surface area contributed by atoms with Crippen LogP contribution in [0.2, 0.25) is 10.0 Å². The largest absolute Gasteiger partial charge is 0.524 e. The second kappa shape index (κ2) is 16.2. The molecule has 8 N–H and O–H groups in total. The number of H-pyrrole nitrogens is 1. The number of amides is 4. The normalized spacial score (nSPS) is 17.2. The van der Waals surface area contributed by atoms with Gasteiger partial charge in [-0.1, -0.05) is 85.9 Å². The van der Waals surface area contributed by atoms with Crippen molar-refractivity contribution < 1.29 is 43.2 Å². The van der Waals surface area contributed by atoms with Crippen molar-refractivity contribution in [3.8, 4) is 5.75 Å². The average molecular weight is 789 g/mol. The second-order valence-corrected chi connectivity index (χ2v) is 15.2. The Morgan fingerprint density at radius 1 is 1.06 bits per heavy atom. The molecular formula is C36H40Cl2N5O9P. The number of nitrogens with zero attached hydrogens (tertiary/aromatic N) is 1. The van der Waals surface area contributed by atoms with Crippen LogP contribution in [0.5, 0.6) is 5.75 Å². The number of hydrogen-bond acceptors (Lipinski definition) is 6. The van der Waals surface area contributed by atoms with Crippen molar-refractivity contribution in [1.82, 2.24) is 20.5 Å². The zero-order valence-electron chi connectivity index (χ0n) is 28.8. The number of phosphoric acid groups is 1. The van der Waals surface area contributed by atoms with Crippen LogP contribution in [0.15, 0.2) is 66.7 Å². The topological polar surface area (TPSA) is 224 Å². The molecule has 17 heteroatoms. The van der Waals surface area contributed by atoms with E-state index in [4.69, 9.17) is 28.9 Å². The molecule has 4 aromatic rings. The number of fused-ring (bicyclic) bond motifs is 3. The summed E-state index contributed by atoms with van der Waals surface area (Å²) < 4.78 is 16.0. The first kappa shape index (κ1) is 39.6. The van der Waals surface area contributed by atoms with Crippen LogP contribution in [0, 0.1) is 5.92 Å². The molecule has 1 unspecified atom stereocenters. The maximum atomic E-state index is 14.7. The molecule has 14 nitrogen and oxygen atoms in total. The molecule has 1 aliphatic carbocycles. The summed E-state index contributed by atoms with van der Waals surface area (Å²) in [7, 11) is -4.85. The van der Waals surface area contributed by atoms with Gasteiger partial charge in [0.15, 0.2) is 0 Å². The van der Waals surface area contributed by atoms with Crippen LogP contribution in [0.1, 0.15) is 49.1 Å². The predicted molar refractivity (Wildman–Crippen MR) is 198 cm³/mol. The van der Waals surface area contributed by atoms with Crippen molar-refractivity contribution in [2.75, 3.05) is 0 Å². The highest BCUT2D eigenvalue weighted by molar-refractivity contribution is 7.46. The standard InChI is InChI=1S/C36H40Cl2N5O9P/c1-3-20(2)30(32(39)44)41-34(46)36(14-13-28-26(18-36)25-16-23(37)17-27(38)31(25)40-28)42-33(45)29(43(35(47)48)19-22-7-5-4-6-8-22)15-21-9-11-24(12-10-21)52-53(49,50)51/h4-12,16-17,20,29-30,40H,3,13-15,18-19H2,1-2H3,(H2,39,44)(H,41,46)(H,42,45)(H,47,48)(H2,49,50,51)/t20?,29-,30-,36+/m0/s1. The van der Waals surface area contributed by atoms with E-state index in [0.717, 1.165) is 10.6 Å². The molecule has 0 fully saturated rings. The number of aromatic amines is 1. The number of nitrogens with one attached hydrogen (secondary N) is 3. The third kappa shape index (κ3) is 9.32. The minimum Gasteiger partial charge on any atom is -0.465 e. The number of primary amides is 1.